The monoisotopic (exact) mass is 289 g/mol. The van der Waals surface area contributed by atoms with Crippen LogP contribution in [0.4, 0.5) is 0 Å². The van der Waals surface area contributed by atoms with Gasteiger partial charge in [-0.15, -0.1) is 0 Å². The number of aromatic nitrogens is 1. The number of thioether (sulfide) groups is 1. The summed E-state index contributed by atoms with van der Waals surface area (Å²) in [6, 6.07) is 8.63. The molecule has 0 aliphatic carbocycles. The van der Waals surface area contributed by atoms with Gasteiger partial charge in [-0.1, -0.05) is 18.2 Å². The van der Waals surface area contributed by atoms with Gasteiger partial charge in [0.15, 0.2) is 0 Å². The third kappa shape index (κ3) is 3.19. The maximum Gasteiger partial charge on any atom is 0.0481 e. The molecule has 1 N–H and O–H groups in total. The highest BCUT2D eigenvalue weighted by Crippen LogP contribution is 2.19. The van der Waals surface area contributed by atoms with Crippen LogP contribution in [0, 0.1) is 0 Å². The number of hydrogen-bond donors (Lipinski definition) is 1. The molecule has 0 atom stereocenters. The molecule has 1 aromatic heterocycles. The second-order valence-electron chi connectivity index (χ2n) is 5.41. The lowest BCUT2D eigenvalue weighted by Crippen LogP contribution is -2.37. The Labute approximate surface area is 125 Å². The van der Waals surface area contributed by atoms with E-state index in [0.717, 1.165) is 13.1 Å². The molecule has 3 rings (SSSR count). The summed E-state index contributed by atoms with van der Waals surface area (Å²) in [5.74, 6) is 2.59. The van der Waals surface area contributed by atoms with Crippen molar-refractivity contribution >= 4 is 22.7 Å². The molecule has 20 heavy (non-hydrogen) atoms. The Hall–Kier alpha value is -0.970. The van der Waals surface area contributed by atoms with E-state index >= 15 is 0 Å². The summed E-state index contributed by atoms with van der Waals surface area (Å²) < 4.78 is 2.22. The molecular formula is C16H23N3S. The van der Waals surface area contributed by atoms with Crippen LogP contribution in [0.1, 0.15) is 5.56 Å². The summed E-state index contributed by atoms with van der Waals surface area (Å²) >= 11 is 2.07. The van der Waals surface area contributed by atoms with Gasteiger partial charge in [0.1, 0.15) is 0 Å². The van der Waals surface area contributed by atoms with Crippen LogP contribution < -0.4 is 5.32 Å². The minimum Gasteiger partial charge on any atom is -0.350 e. The maximum atomic E-state index is 3.59. The fourth-order valence-corrected chi connectivity index (χ4v) is 3.83. The van der Waals surface area contributed by atoms with Crippen LogP contribution in [0.2, 0.25) is 0 Å². The lowest BCUT2D eigenvalue weighted by Gasteiger charge is -2.26. The number of rotatable bonds is 5. The van der Waals surface area contributed by atoms with Crippen molar-refractivity contribution in [2.45, 2.75) is 6.54 Å². The Morgan fingerprint density at radius 3 is 2.85 bits per heavy atom. The highest BCUT2D eigenvalue weighted by Gasteiger charge is 2.09. The van der Waals surface area contributed by atoms with E-state index in [2.05, 4.69) is 64.1 Å². The molecule has 1 fully saturated rings. The summed E-state index contributed by atoms with van der Waals surface area (Å²) in [5, 5.41) is 4.96. The number of aryl methyl sites for hydroxylation is 1. The molecule has 1 saturated heterocycles. The maximum absolute atomic E-state index is 3.59. The molecule has 0 amide bonds. The normalized spacial score (nSPS) is 16.9. The van der Waals surface area contributed by atoms with Crippen LogP contribution in [-0.2, 0) is 13.6 Å². The Balaban J connectivity index is 1.52. The van der Waals surface area contributed by atoms with Gasteiger partial charge >= 0.3 is 0 Å². The highest BCUT2D eigenvalue weighted by atomic mass is 32.2. The summed E-state index contributed by atoms with van der Waals surface area (Å²) in [4.78, 5) is 2.56. The zero-order valence-corrected chi connectivity index (χ0v) is 13.0. The second-order valence-corrected chi connectivity index (χ2v) is 6.64. The van der Waals surface area contributed by atoms with Crippen molar-refractivity contribution in [3.63, 3.8) is 0 Å². The van der Waals surface area contributed by atoms with E-state index < -0.39 is 0 Å². The molecule has 0 unspecified atom stereocenters. The zero-order valence-electron chi connectivity index (χ0n) is 12.1. The first-order valence-corrected chi connectivity index (χ1v) is 8.54. The van der Waals surface area contributed by atoms with Gasteiger partial charge in [-0.3, -0.25) is 0 Å². The molecule has 108 valence electrons. The van der Waals surface area contributed by atoms with Gasteiger partial charge in [-0.2, -0.15) is 11.8 Å². The summed E-state index contributed by atoms with van der Waals surface area (Å²) in [6.07, 6.45) is 2.25. The standard InChI is InChI=1S/C16H23N3S/c1-18-13-14(15-4-2-3-5-16(15)18)12-17-6-7-19-8-10-20-11-9-19/h2-5,13,17H,6-12H2,1H3. The van der Waals surface area contributed by atoms with E-state index in [4.69, 9.17) is 0 Å². The van der Waals surface area contributed by atoms with Crippen LogP contribution >= 0.6 is 11.8 Å². The SMILES string of the molecule is Cn1cc(CNCCN2CCSCC2)c2ccccc21. The second kappa shape index (κ2) is 6.66. The van der Waals surface area contributed by atoms with Gasteiger partial charge in [0, 0.05) is 68.4 Å². The number of nitrogens with zero attached hydrogens (tertiary/aromatic N) is 2. The number of nitrogens with one attached hydrogen (secondary N) is 1. The van der Waals surface area contributed by atoms with Crippen molar-refractivity contribution in [3.8, 4) is 0 Å². The van der Waals surface area contributed by atoms with E-state index in [1.165, 1.54) is 47.6 Å². The van der Waals surface area contributed by atoms with E-state index in [1.54, 1.807) is 0 Å². The lowest BCUT2D eigenvalue weighted by atomic mass is 10.2. The van der Waals surface area contributed by atoms with Crippen LogP contribution in [-0.4, -0.2) is 47.2 Å². The third-order valence-corrected chi connectivity index (χ3v) is 4.95. The van der Waals surface area contributed by atoms with Crippen molar-refractivity contribution in [1.29, 1.82) is 0 Å². The number of para-hydroxylation sites is 1. The highest BCUT2D eigenvalue weighted by molar-refractivity contribution is 7.99. The molecule has 0 saturated carbocycles. The van der Waals surface area contributed by atoms with Crippen molar-refractivity contribution in [3.05, 3.63) is 36.0 Å². The van der Waals surface area contributed by atoms with Gasteiger partial charge in [0.05, 0.1) is 0 Å². The molecule has 2 heterocycles. The Kier molecular flexibility index (Phi) is 4.65. The van der Waals surface area contributed by atoms with Crippen LogP contribution in [0.3, 0.4) is 0 Å². The molecule has 1 aromatic carbocycles. The minimum absolute atomic E-state index is 0.962. The zero-order chi connectivity index (χ0) is 13.8. The van der Waals surface area contributed by atoms with Crippen LogP contribution in [0.5, 0.6) is 0 Å². The van der Waals surface area contributed by atoms with E-state index in [9.17, 15) is 0 Å². The molecule has 1 aliphatic heterocycles. The van der Waals surface area contributed by atoms with Crippen molar-refractivity contribution in [2.75, 3.05) is 37.7 Å². The molecule has 0 bridgehead atoms. The average Bonchev–Trinajstić information content (AvgIpc) is 2.82. The lowest BCUT2D eigenvalue weighted by molar-refractivity contribution is 0.301. The van der Waals surface area contributed by atoms with Crippen molar-refractivity contribution < 1.29 is 0 Å². The van der Waals surface area contributed by atoms with Gasteiger partial charge < -0.3 is 14.8 Å². The van der Waals surface area contributed by atoms with E-state index in [1.807, 2.05) is 0 Å². The molecule has 2 aromatic rings. The van der Waals surface area contributed by atoms with Gasteiger partial charge in [0.25, 0.3) is 0 Å². The predicted octanol–water partition coefficient (Wildman–Crippen LogP) is 2.32. The fourth-order valence-electron chi connectivity index (χ4n) is 2.85. The Morgan fingerprint density at radius 1 is 1.20 bits per heavy atom. The first-order chi connectivity index (χ1) is 9.84. The molecule has 4 heteroatoms. The van der Waals surface area contributed by atoms with Gasteiger partial charge in [-0.05, 0) is 11.6 Å². The van der Waals surface area contributed by atoms with Crippen molar-refractivity contribution in [1.82, 2.24) is 14.8 Å². The van der Waals surface area contributed by atoms with Crippen LogP contribution in [0.15, 0.2) is 30.5 Å². The number of hydrogen-bond acceptors (Lipinski definition) is 3. The average molecular weight is 289 g/mol. The molecular weight excluding hydrogens is 266 g/mol. The Bertz CT molecular complexity index is 558. The summed E-state index contributed by atoms with van der Waals surface area (Å²) in [6.45, 7) is 5.71. The Morgan fingerprint density at radius 2 is 2.00 bits per heavy atom. The first kappa shape index (κ1) is 14.0. The van der Waals surface area contributed by atoms with Crippen molar-refractivity contribution in [2.24, 2.45) is 7.05 Å². The minimum atomic E-state index is 0.962. The largest absolute Gasteiger partial charge is 0.350 e. The molecule has 1 aliphatic rings. The number of benzene rings is 1. The smallest absolute Gasteiger partial charge is 0.0481 e. The van der Waals surface area contributed by atoms with Gasteiger partial charge in [0.2, 0.25) is 0 Å². The first-order valence-electron chi connectivity index (χ1n) is 7.38. The third-order valence-electron chi connectivity index (χ3n) is 4.00. The summed E-state index contributed by atoms with van der Waals surface area (Å²) in [7, 11) is 2.12. The van der Waals surface area contributed by atoms with E-state index in [-0.39, 0.29) is 0 Å². The molecule has 0 spiro atoms. The summed E-state index contributed by atoms with van der Waals surface area (Å²) in [5.41, 5.74) is 2.72. The fraction of sp³-hybridized carbons (Fsp3) is 0.500. The number of fused-ring (bicyclic) bond motifs is 1. The quantitative estimate of drug-likeness (QED) is 0.853. The molecule has 0 radical (unpaired) electrons. The molecule has 3 nitrogen and oxygen atoms in total. The van der Waals surface area contributed by atoms with Crippen LogP contribution in [0.25, 0.3) is 10.9 Å². The van der Waals surface area contributed by atoms with Gasteiger partial charge in [-0.25, -0.2) is 0 Å². The predicted molar refractivity (Wildman–Crippen MR) is 88.4 cm³/mol. The van der Waals surface area contributed by atoms with E-state index in [0.29, 0.717) is 0 Å². The topological polar surface area (TPSA) is 20.2 Å².